The lowest BCUT2D eigenvalue weighted by Gasteiger charge is -2.03. The number of rotatable bonds is 5. The fraction of sp³-hybridized carbons (Fsp3) is 0.333. The molecule has 104 valence electrons. The molecule has 0 saturated carbocycles. The molecule has 0 spiro atoms. The number of aromatic nitrogens is 2. The summed E-state index contributed by atoms with van der Waals surface area (Å²) >= 11 is 0. The Balaban J connectivity index is 1.79. The van der Waals surface area contributed by atoms with E-state index in [0.29, 0.717) is 29.9 Å². The van der Waals surface area contributed by atoms with E-state index < -0.39 is 0 Å². The number of benzene rings is 1. The van der Waals surface area contributed by atoms with Crippen LogP contribution in [0.15, 0.2) is 39.3 Å². The van der Waals surface area contributed by atoms with Gasteiger partial charge in [-0.1, -0.05) is 30.3 Å². The third kappa shape index (κ3) is 2.58. The van der Waals surface area contributed by atoms with E-state index in [1.807, 2.05) is 30.3 Å². The van der Waals surface area contributed by atoms with Crippen LogP contribution in [0.5, 0.6) is 0 Å². The number of hydrogen-bond acceptors (Lipinski definition) is 5. The first-order chi connectivity index (χ1) is 9.76. The van der Waals surface area contributed by atoms with E-state index in [2.05, 4.69) is 17.1 Å². The van der Waals surface area contributed by atoms with Crippen molar-refractivity contribution in [3.05, 3.63) is 36.2 Å². The molecule has 2 aromatic heterocycles. The van der Waals surface area contributed by atoms with Crippen molar-refractivity contribution in [3.8, 4) is 11.6 Å². The highest BCUT2D eigenvalue weighted by molar-refractivity contribution is 5.81. The summed E-state index contributed by atoms with van der Waals surface area (Å²) < 4.78 is 11.0. The fourth-order valence-electron chi connectivity index (χ4n) is 2.04. The molecule has 0 fully saturated rings. The number of nitrogens with two attached hydrogens (primary N) is 1. The van der Waals surface area contributed by atoms with Crippen LogP contribution in [0.3, 0.4) is 0 Å². The van der Waals surface area contributed by atoms with Gasteiger partial charge in [-0.2, -0.15) is 4.98 Å². The largest absolute Gasteiger partial charge is 0.453 e. The lowest BCUT2D eigenvalue weighted by Crippen LogP contribution is -2.11. The summed E-state index contributed by atoms with van der Waals surface area (Å²) in [6, 6.07) is 9.74. The Labute approximate surface area is 116 Å². The molecule has 5 nitrogen and oxygen atoms in total. The van der Waals surface area contributed by atoms with E-state index in [1.54, 1.807) is 0 Å². The van der Waals surface area contributed by atoms with Gasteiger partial charge < -0.3 is 14.7 Å². The zero-order chi connectivity index (χ0) is 13.9. The number of fused-ring (bicyclic) bond motifs is 1. The van der Waals surface area contributed by atoms with Crippen molar-refractivity contribution in [2.24, 2.45) is 11.7 Å². The van der Waals surface area contributed by atoms with Crippen LogP contribution in [-0.2, 0) is 6.42 Å². The Morgan fingerprint density at radius 2 is 2.15 bits per heavy atom. The van der Waals surface area contributed by atoms with E-state index in [0.717, 1.165) is 23.8 Å². The maximum Gasteiger partial charge on any atom is 0.238 e. The van der Waals surface area contributed by atoms with Crippen molar-refractivity contribution in [1.29, 1.82) is 0 Å². The Morgan fingerprint density at radius 1 is 1.30 bits per heavy atom. The van der Waals surface area contributed by atoms with Gasteiger partial charge in [0.2, 0.25) is 11.7 Å². The summed E-state index contributed by atoms with van der Waals surface area (Å²) in [6.07, 6.45) is 1.68. The molecule has 1 unspecified atom stereocenters. The minimum atomic E-state index is 0.455. The second-order valence-corrected chi connectivity index (χ2v) is 5.04. The van der Waals surface area contributed by atoms with Crippen LogP contribution in [0.2, 0.25) is 0 Å². The van der Waals surface area contributed by atoms with Crippen LogP contribution in [0.1, 0.15) is 19.2 Å². The molecule has 0 aliphatic heterocycles. The highest BCUT2D eigenvalue weighted by atomic mass is 16.5. The monoisotopic (exact) mass is 271 g/mol. The Kier molecular flexibility index (Phi) is 3.52. The van der Waals surface area contributed by atoms with Crippen LogP contribution in [0, 0.1) is 5.92 Å². The molecule has 0 aliphatic carbocycles. The van der Waals surface area contributed by atoms with E-state index in [9.17, 15) is 0 Å². The summed E-state index contributed by atoms with van der Waals surface area (Å²) in [5.74, 6) is 2.21. The van der Waals surface area contributed by atoms with Gasteiger partial charge >= 0.3 is 0 Å². The van der Waals surface area contributed by atoms with Crippen molar-refractivity contribution in [2.75, 3.05) is 6.54 Å². The van der Waals surface area contributed by atoms with Gasteiger partial charge in [0, 0.05) is 11.8 Å². The van der Waals surface area contributed by atoms with Crippen LogP contribution in [0.4, 0.5) is 0 Å². The zero-order valence-electron chi connectivity index (χ0n) is 11.4. The highest BCUT2D eigenvalue weighted by Gasteiger charge is 2.13. The number of hydrogen-bond donors (Lipinski definition) is 1. The molecule has 3 rings (SSSR count). The molecule has 0 aliphatic rings. The second kappa shape index (κ2) is 5.46. The Bertz CT molecular complexity index is 669. The van der Waals surface area contributed by atoms with Gasteiger partial charge in [0.05, 0.1) is 0 Å². The summed E-state index contributed by atoms with van der Waals surface area (Å²) in [7, 11) is 0. The molecular weight excluding hydrogens is 254 g/mol. The lowest BCUT2D eigenvalue weighted by atomic mass is 10.1. The minimum absolute atomic E-state index is 0.455. The van der Waals surface area contributed by atoms with Crippen molar-refractivity contribution in [2.45, 2.75) is 19.8 Å². The van der Waals surface area contributed by atoms with Gasteiger partial charge in [0.15, 0.2) is 5.76 Å². The van der Waals surface area contributed by atoms with Gasteiger partial charge in [-0.3, -0.25) is 0 Å². The smallest absolute Gasteiger partial charge is 0.238 e. The van der Waals surface area contributed by atoms with Crippen LogP contribution in [0.25, 0.3) is 22.6 Å². The second-order valence-electron chi connectivity index (χ2n) is 5.04. The molecule has 0 radical (unpaired) electrons. The van der Waals surface area contributed by atoms with Gasteiger partial charge in [0.25, 0.3) is 0 Å². The first-order valence-electron chi connectivity index (χ1n) is 6.78. The van der Waals surface area contributed by atoms with Crippen molar-refractivity contribution in [3.63, 3.8) is 0 Å². The number of furan rings is 1. The molecule has 0 saturated heterocycles. The average Bonchev–Trinajstić information content (AvgIpc) is 3.10. The van der Waals surface area contributed by atoms with Gasteiger partial charge in [-0.15, -0.1) is 0 Å². The maximum atomic E-state index is 5.71. The summed E-state index contributed by atoms with van der Waals surface area (Å²) in [5, 5.41) is 5.01. The molecule has 3 aromatic rings. The molecule has 2 N–H and O–H groups in total. The minimum Gasteiger partial charge on any atom is -0.453 e. The third-order valence-corrected chi connectivity index (χ3v) is 3.37. The van der Waals surface area contributed by atoms with Crippen LogP contribution < -0.4 is 5.73 Å². The van der Waals surface area contributed by atoms with Gasteiger partial charge in [0.1, 0.15) is 5.58 Å². The molecule has 1 atom stereocenters. The number of aryl methyl sites for hydroxylation is 1. The molecule has 2 heterocycles. The van der Waals surface area contributed by atoms with Crippen molar-refractivity contribution < 1.29 is 8.94 Å². The van der Waals surface area contributed by atoms with E-state index in [-0.39, 0.29) is 0 Å². The average molecular weight is 271 g/mol. The van der Waals surface area contributed by atoms with Crippen LogP contribution >= 0.6 is 0 Å². The molecule has 0 bridgehead atoms. The first kappa shape index (κ1) is 12.9. The maximum absolute atomic E-state index is 5.71. The number of para-hydroxylation sites is 1. The van der Waals surface area contributed by atoms with Gasteiger partial charge in [-0.05, 0) is 31.0 Å². The van der Waals surface area contributed by atoms with Gasteiger partial charge in [-0.25, -0.2) is 0 Å². The van der Waals surface area contributed by atoms with Crippen LogP contribution in [-0.4, -0.2) is 16.7 Å². The predicted octanol–water partition coefficient (Wildman–Crippen LogP) is 3.01. The first-order valence-corrected chi connectivity index (χ1v) is 6.78. The van der Waals surface area contributed by atoms with Crippen molar-refractivity contribution >= 4 is 11.0 Å². The number of nitrogens with zero attached hydrogens (tertiary/aromatic N) is 2. The lowest BCUT2D eigenvalue weighted by molar-refractivity contribution is 0.365. The van der Waals surface area contributed by atoms with E-state index >= 15 is 0 Å². The third-order valence-electron chi connectivity index (χ3n) is 3.37. The molecule has 20 heavy (non-hydrogen) atoms. The molecule has 1 aromatic carbocycles. The Hall–Kier alpha value is -2.14. The normalized spacial score (nSPS) is 12.9. The highest BCUT2D eigenvalue weighted by Crippen LogP contribution is 2.25. The quantitative estimate of drug-likeness (QED) is 0.771. The summed E-state index contributed by atoms with van der Waals surface area (Å²) in [5.41, 5.74) is 6.42. The zero-order valence-corrected chi connectivity index (χ0v) is 11.4. The SMILES string of the molecule is CC(CN)CCc1nc(-c2cc3ccccc3o2)no1. The summed E-state index contributed by atoms with van der Waals surface area (Å²) in [4.78, 5) is 4.37. The Morgan fingerprint density at radius 3 is 2.95 bits per heavy atom. The molecule has 5 heteroatoms. The van der Waals surface area contributed by atoms with Crippen molar-refractivity contribution in [1.82, 2.24) is 10.1 Å². The fourth-order valence-corrected chi connectivity index (χ4v) is 2.04. The van der Waals surface area contributed by atoms with E-state index in [1.165, 1.54) is 0 Å². The van der Waals surface area contributed by atoms with E-state index in [4.69, 9.17) is 14.7 Å². The standard InChI is InChI=1S/C15H17N3O2/c1-10(9-16)6-7-14-17-15(18-20-14)13-8-11-4-2-3-5-12(11)19-13/h2-5,8,10H,6-7,9,16H2,1H3. The summed E-state index contributed by atoms with van der Waals surface area (Å²) in [6.45, 7) is 2.78. The molecular formula is C15H17N3O2. The topological polar surface area (TPSA) is 78.1 Å². The molecule has 0 amide bonds. The predicted molar refractivity (Wildman–Crippen MR) is 76.0 cm³/mol.